The maximum atomic E-state index is 12.2. The number of amides is 1. The first-order valence-corrected chi connectivity index (χ1v) is 7.37. The highest BCUT2D eigenvalue weighted by molar-refractivity contribution is 5.69. The Morgan fingerprint density at radius 1 is 1.32 bits per heavy atom. The molecule has 22 heavy (non-hydrogen) atoms. The monoisotopic (exact) mass is 302 g/mol. The molecule has 0 spiro atoms. The van der Waals surface area contributed by atoms with Crippen molar-refractivity contribution in [3.8, 4) is 11.8 Å². The van der Waals surface area contributed by atoms with Crippen LogP contribution in [0.1, 0.15) is 38.7 Å². The molecular formula is C17H22N2O3. The summed E-state index contributed by atoms with van der Waals surface area (Å²) in [6, 6.07) is 9.52. The van der Waals surface area contributed by atoms with Gasteiger partial charge in [-0.15, -0.1) is 0 Å². The second-order valence-electron chi connectivity index (χ2n) is 6.48. The van der Waals surface area contributed by atoms with Crippen LogP contribution in [0.2, 0.25) is 0 Å². The predicted molar refractivity (Wildman–Crippen MR) is 82.7 cm³/mol. The number of carbonyl (C=O) groups is 1. The van der Waals surface area contributed by atoms with Crippen LogP contribution in [0.25, 0.3) is 0 Å². The second-order valence-corrected chi connectivity index (χ2v) is 6.48. The molecule has 0 aliphatic carbocycles. The highest BCUT2D eigenvalue weighted by Gasteiger charge is 2.38. The van der Waals surface area contributed by atoms with Gasteiger partial charge in [0.2, 0.25) is 0 Å². The number of hydrogen-bond acceptors (Lipinski definition) is 4. The molecule has 118 valence electrons. The van der Waals surface area contributed by atoms with E-state index < -0.39 is 17.7 Å². The van der Waals surface area contributed by atoms with Crippen molar-refractivity contribution in [2.75, 3.05) is 13.7 Å². The Labute approximate surface area is 131 Å². The number of hydrogen-bond donors (Lipinski definition) is 0. The molecule has 0 bridgehead atoms. The summed E-state index contributed by atoms with van der Waals surface area (Å²) in [6.07, 6.45) is 0.206. The zero-order chi connectivity index (χ0) is 16.3. The molecule has 1 amide bonds. The van der Waals surface area contributed by atoms with E-state index in [1.807, 2.05) is 45.0 Å². The zero-order valence-corrected chi connectivity index (χ0v) is 13.5. The molecule has 1 aromatic rings. The number of rotatable bonds is 2. The van der Waals surface area contributed by atoms with Crippen LogP contribution in [0.4, 0.5) is 4.79 Å². The number of likely N-dealkylation sites (tertiary alicyclic amines) is 1. The Hall–Kier alpha value is -2.22. The number of methoxy groups -OCH3 is 1. The first-order valence-electron chi connectivity index (χ1n) is 7.37. The van der Waals surface area contributed by atoms with E-state index in [1.54, 1.807) is 7.11 Å². The van der Waals surface area contributed by atoms with E-state index in [0.717, 1.165) is 11.3 Å². The normalized spacial score (nSPS) is 21.3. The fourth-order valence-electron chi connectivity index (χ4n) is 2.60. The quantitative estimate of drug-likeness (QED) is 0.840. The van der Waals surface area contributed by atoms with Crippen molar-refractivity contribution >= 4 is 6.09 Å². The molecule has 0 N–H and O–H groups in total. The van der Waals surface area contributed by atoms with Gasteiger partial charge in [0.05, 0.1) is 13.2 Å². The molecule has 0 radical (unpaired) electrons. The summed E-state index contributed by atoms with van der Waals surface area (Å²) in [5, 5.41) is 9.31. The van der Waals surface area contributed by atoms with Gasteiger partial charge in [-0.05, 0) is 44.9 Å². The highest BCUT2D eigenvalue weighted by atomic mass is 16.6. The number of carbonyl (C=O) groups excluding carboxylic acids is 1. The van der Waals surface area contributed by atoms with E-state index in [9.17, 15) is 10.1 Å². The summed E-state index contributed by atoms with van der Waals surface area (Å²) in [7, 11) is 1.63. The van der Waals surface area contributed by atoms with Crippen LogP contribution < -0.4 is 4.74 Å². The molecule has 1 saturated heterocycles. The Morgan fingerprint density at radius 2 is 1.95 bits per heavy atom. The van der Waals surface area contributed by atoms with Crippen molar-refractivity contribution in [3.63, 3.8) is 0 Å². The first kappa shape index (κ1) is 16.2. The van der Waals surface area contributed by atoms with Crippen LogP contribution in [-0.4, -0.2) is 36.3 Å². The van der Waals surface area contributed by atoms with Crippen molar-refractivity contribution < 1.29 is 14.3 Å². The summed E-state index contributed by atoms with van der Waals surface area (Å²) in [5.74, 6) is 0.936. The lowest BCUT2D eigenvalue weighted by atomic mass is 9.96. The van der Waals surface area contributed by atoms with E-state index in [-0.39, 0.29) is 5.92 Å². The lowest BCUT2D eigenvalue weighted by Crippen LogP contribution is -2.39. The molecule has 1 aliphatic rings. The van der Waals surface area contributed by atoms with Crippen LogP contribution in [0.15, 0.2) is 24.3 Å². The summed E-state index contributed by atoms with van der Waals surface area (Å²) in [5.41, 5.74) is 0.544. The molecule has 1 aliphatic heterocycles. The van der Waals surface area contributed by atoms with Crippen molar-refractivity contribution in [2.24, 2.45) is 0 Å². The van der Waals surface area contributed by atoms with E-state index >= 15 is 0 Å². The Balaban J connectivity index is 2.11. The molecule has 1 heterocycles. The van der Waals surface area contributed by atoms with E-state index in [0.29, 0.717) is 13.0 Å². The van der Waals surface area contributed by atoms with Crippen LogP contribution in [0, 0.1) is 11.3 Å². The molecule has 5 heteroatoms. The van der Waals surface area contributed by atoms with Gasteiger partial charge in [0.15, 0.2) is 0 Å². The smallest absolute Gasteiger partial charge is 0.411 e. The van der Waals surface area contributed by atoms with Crippen LogP contribution in [-0.2, 0) is 4.74 Å². The fourth-order valence-corrected chi connectivity index (χ4v) is 2.60. The van der Waals surface area contributed by atoms with Crippen molar-refractivity contribution in [2.45, 2.75) is 44.8 Å². The third kappa shape index (κ3) is 3.70. The lowest BCUT2D eigenvalue weighted by Gasteiger charge is -2.26. The number of nitriles is 1. The number of benzene rings is 1. The van der Waals surface area contributed by atoms with Gasteiger partial charge in [0, 0.05) is 12.5 Å². The van der Waals surface area contributed by atoms with E-state index in [2.05, 4.69) is 6.07 Å². The van der Waals surface area contributed by atoms with Gasteiger partial charge in [-0.2, -0.15) is 5.26 Å². The molecule has 5 nitrogen and oxygen atoms in total. The molecule has 0 unspecified atom stereocenters. The van der Waals surface area contributed by atoms with Crippen LogP contribution in [0.3, 0.4) is 0 Å². The SMILES string of the molecule is COc1ccc([C@H]2C[C@@H](C#N)N(C(=O)OC(C)(C)C)C2)cc1. The molecule has 0 aromatic heterocycles. The fraction of sp³-hybridized carbons (Fsp3) is 0.529. The van der Waals surface area contributed by atoms with Gasteiger partial charge >= 0.3 is 6.09 Å². The minimum atomic E-state index is -0.560. The third-order valence-electron chi connectivity index (χ3n) is 3.67. The predicted octanol–water partition coefficient (Wildman–Crippen LogP) is 3.31. The minimum Gasteiger partial charge on any atom is -0.497 e. The van der Waals surface area contributed by atoms with Crippen molar-refractivity contribution in [1.82, 2.24) is 4.90 Å². The highest BCUT2D eigenvalue weighted by Crippen LogP contribution is 2.33. The summed E-state index contributed by atoms with van der Waals surface area (Å²) >= 11 is 0. The molecule has 0 saturated carbocycles. The Bertz CT molecular complexity index is 569. The van der Waals surface area contributed by atoms with Gasteiger partial charge < -0.3 is 9.47 Å². The van der Waals surface area contributed by atoms with Crippen LogP contribution in [0.5, 0.6) is 5.75 Å². The summed E-state index contributed by atoms with van der Waals surface area (Å²) in [4.78, 5) is 13.8. The summed E-state index contributed by atoms with van der Waals surface area (Å²) < 4.78 is 10.5. The lowest BCUT2D eigenvalue weighted by molar-refractivity contribution is 0.0257. The maximum Gasteiger partial charge on any atom is 0.411 e. The van der Waals surface area contributed by atoms with Crippen LogP contribution >= 0.6 is 0 Å². The van der Waals surface area contributed by atoms with Crippen molar-refractivity contribution in [1.29, 1.82) is 5.26 Å². The molecule has 2 atom stereocenters. The maximum absolute atomic E-state index is 12.2. The van der Waals surface area contributed by atoms with E-state index in [1.165, 1.54) is 4.90 Å². The largest absolute Gasteiger partial charge is 0.497 e. The molecular weight excluding hydrogens is 280 g/mol. The first-order chi connectivity index (χ1) is 10.3. The average Bonchev–Trinajstić information content (AvgIpc) is 2.90. The average molecular weight is 302 g/mol. The molecule has 2 rings (SSSR count). The van der Waals surface area contributed by atoms with E-state index in [4.69, 9.17) is 9.47 Å². The van der Waals surface area contributed by atoms with Crippen molar-refractivity contribution in [3.05, 3.63) is 29.8 Å². The molecule has 1 aromatic carbocycles. The van der Waals surface area contributed by atoms with Gasteiger partial charge in [-0.25, -0.2) is 4.79 Å². The summed E-state index contributed by atoms with van der Waals surface area (Å²) in [6.45, 7) is 5.97. The second kappa shape index (κ2) is 6.27. The number of nitrogens with zero attached hydrogens (tertiary/aromatic N) is 2. The van der Waals surface area contributed by atoms with Gasteiger partial charge in [0.1, 0.15) is 17.4 Å². The minimum absolute atomic E-state index is 0.142. The zero-order valence-electron chi connectivity index (χ0n) is 13.5. The van der Waals surface area contributed by atoms with Gasteiger partial charge in [0.25, 0.3) is 0 Å². The van der Waals surface area contributed by atoms with Gasteiger partial charge in [-0.1, -0.05) is 12.1 Å². The standard InChI is InChI=1S/C17H22N2O3/c1-17(2,3)22-16(20)19-11-13(9-14(19)10-18)12-5-7-15(21-4)8-6-12/h5-8,13-14H,9,11H2,1-4H3/t13-,14-/m0/s1. The molecule has 1 fully saturated rings. The van der Waals surface area contributed by atoms with Gasteiger partial charge in [-0.3, -0.25) is 4.90 Å². The Kier molecular flexibility index (Phi) is 4.60. The number of ether oxygens (including phenoxy) is 2. The Morgan fingerprint density at radius 3 is 2.45 bits per heavy atom. The third-order valence-corrected chi connectivity index (χ3v) is 3.67. The topological polar surface area (TPSA) is 62.6 Å².